The molecule has 0 fully saturated rings. The summed E-state index contributed by atoms with van der Waals surface area (Å²) in [5, 5.41) is 10.6. The first kappa shape index (κ1) is 36.5. The van der Waals surface area contributed by atoms with E-state index in [2.05, 4.69) is 201 Å². The molecule has 2 aromatic heterocycles. The van der Waals surface area contributed by atoms with Crippen molar-refractivity contribution in [2.75, 3.05) is 9.80 Å². The van der Waals surface area contributed by atoms with Crippen LogP contribution >= 0.6 is 0 Å². The number of allylic oxidation sites excluding steroid dienone is 1. The zero-order valence-corrected chi connectivity index (χ0v) is 35.4. The number of anilines is 6. The summed E-state index contributed by atoms with van der Waals surface area (Å²) in [6.07, 6.45) is 6.41. The molecule has 0 amide bonds. The lowest BCUT2D eigenvalue weighted by molar-refractivity contribution is 0.546. The van der Waals surface area contributed by atoms with Gasteiger partial charge in [0.15, 0.2) is 11.2 Å². The monoisotopic (exact) mass is 802 g/mol. The molecule has 0 radical (unpaired) electrons. The molecule has 12 rings (SSSR count). The largest absolute Gasteiger partial charge is 0.458 e. The minimum absolute atomic E-state index is 0.426. The lowest BCUT2D eigenvalue weighted by atomic mass is 9.91. The number of aryl methyl sites for hydroxylation is 1. The first-order valence-corrected chi connectivity index (χ1v) is 22.0. The van der Waals surface area contributed by atoms with Gasteiger partial charge in [-0.1, -0.05) is 143 Å². The molecule has 0 bridgehead atoms. The fraction of sp³-hybridized carbons (Fsp3) is 0.138. The van der Waals surface area contributed by atoms with E-state index in [1.807, 2.05) is 6.07 Å². The Balaban J connectivity index is 1.12. The highest BCUT2D eigenvalue weighted by atomic mass is 16.3. The Morgan fingerprint density at radius 3 is 1.53 bits per heavy atom. The Morgan fingerprint density at radius 2 is 0.952 bits per heavy atom. The maximum atomic E-state index is 6.82. The van der Waals surface area contributed by atoms with E-state index < -0.39 is 0 Å². The summed E-state index contributed by atoms with van der Waals surface area (Å²) in [6, 6.07) is 58.0. The van der Waals surface area contributed by atoms with Crippen LogP contribution in [0.5, 0.6) is 0 Å². The van der Waals surface area contributed by atoms with Crippen LogP contribution in [0.15, 0.2) is 173 Å². The summed E-state index contributed by atoms with van der Waals surface area (Å²) >= 11 is 0. The second-order valence-corrected chi connectivity index (χ2v) is 17.5. The highest BCUT2D eigenvalue weighted by molar-refractivity contribution is 6.28. The van der Waals surface area contributed by atoms with Crippen LogP contribution in [-0.2, 0) is 6.42 Å². The zero-order valence-electron chi connectivity index (χ0n) is 35.4. The molecule has 0 N–H and O–H groups in total. The van der Waals surface area contributed by atoms with Gasteiger partial charge in [0.25, 0.3) is 0 Å². The van der Waals surface area contributed by atoms with Crippen molar-refractivity contribution >= 4 is 105 Å². The normalized spacial score (nSPS) is 12.9. The molecule has 300 valence electrons. The predicted octanol–water partition coefficient (Wildman–Crippen LogP) is 17.4. The number of furan rings is 2. The molecule has 4 nitrogen and oxygen atoms in total. The number of rotatable bonds is 8. The maximum Gasteiger partial charge on any atom is 0.159 e. The fourth-order valence-electron chi connectivity index (χ4n) is 10.0. The van der Waals surface area contributed by atoms with Gasteiger partial charge in [-0.05, 0) is 106 Å². The Kier molecular flexibility index (Phi) is 8.33. The van der Waals surface area contributed by atoms with Gasteiger partial charge in [0, 0.05) is 50.3 Å². The van der Waals surface area contributed by atoms with Crippen molar-refractivity contribution in [3.63, 3.8) is 0 Å². The van der Waals surface area contributed by atoms with Gasteiger partial charge < -0.3 is 18.6 Å². The Morgan fingerprint density at radius 1 is 0.435 bits per heavy atom. The van der Waals surface area contributed by atoms with E-state index in [0.29, 0.717) is 11.8 Å². The van der Waals surface area contributed by atoms with Gasteiger partial charge in [0.1, 0.15) is 11.3 Å². The number of hydrogen-bond donors (Lipinski definition) is 0. The zero-order chi connectivity index (χ0) is 41.6. The van der Waals surface area contributed by atoms with E-state index in [4.69, 9.17) is 8.83 Å². The summed E-state index contributed by atoms with van der Waals surface area (Å²) in [5.41, 5.74) is 12.9. The Hall–Kier alpha value is -7.30. The molecule has 4 heteroatoms. The Labute approximate surface area is 361 Å². The third kappa shape index (κ3) is 5.59. The number of para-hydroxylation sites is 3. The molecule has 0 saturated carbocycles. The molecule has 62 heavy (non-hydrogen) atoms. The van der Waals surface area contributed by atoms with Gasteiger partial charge in [-0.15, -0.1) is 0 Å². The van der Waals surface area contributed by atoms with Gasteiger partial charge in [0.05, 0.1) is 22.7 Å². The second-order valence-electron chi connectivity index (χ2n) is 17.5. The van der Waals surface area contributed by atoms with Crippen LogP contribution in [0.4, 0.5) is 34.1 Å². The third-order valence-corrected chi connectivity index (χ3v) is 13.2. The third-order valence-electron chi connectivity index (χ3n) is 13.2. The molecule has 0 unspecified atom stereocenters. The molecule has 1 aliphatic carbocycles. The summed E-state index contributed by atoms with van der Waals surface area (Å²) in [5.74, 6) is 1.92. The van der Waals surface area contributed by atoms with Crippen molar-refractivity contribution < 1.29 is 8.83 Å². The first-order valence-electron chi connectivity index (χ1n) is 22.0. The second kappa shape index (κ2) is 14.1. The van der Waals surface area contributed by atoms with Crippen LogP contribution in [0.3, 0.4) is 0 Å². The summed E-state index contributed by atoms with van der Waals surface area (Å²) in [7, 11) is 0. The van der Waals surface area contributed by atoms with Crippen LogP contribution in [-0.4, -0.2) is 0 Å². The van der Waals surface area contributed by atoms with E-state index in [0.717, 1.165) is 85.6 Å². The number of nitrogens with zero attached hydrogens (tertiary/aromatic N) is 2. The fourth-order valence-corrected chi connectivity index (χ4v) is 10.0. The van der Waals surface area contributed by atoms with Crippen molar-refractivity contribution in [3.8, 4) is 0 Å². The number of hydrogen-bond acceptors (Lipinski definition) is 4. The van der Waals surface area contributed by atoms with E-state index in [1.165, 1.54) is 49.0 Å². The van der Waals surface area contributed by atoms with Gasteiger partial charge in [0.2, 0.25) is 0 Å². The summed E-state index contributed by atoms with van der Waals surface area (Å²) in [4.78, 5) is 4.82. The molecular weight excluding hydrogens is 757 g/mol. The van der Waals surface area contributed by atoms with E-state index in [-0.39, 0.29) is 0 Å². The molecule has 9 aromatic carbocycles. The average Bonchev–Trinajstić information content (AvgIpc) is 3.89. The van der Waals surface area contributed by atoms with Gasteiger partial charge >= 0.3 is 0 Å². The van der Waals surface area contributed by atoms with Crippen molar-refractivity contribution in [3.05, 3.63) is 186 Å². The minimum Gasteiger partial charge on any atom is -0.458 e. The molecule has 1 aliphatic rings. The average molecular weight is 803 g/mol. The molecule has 11 aromatic rings. The quantitative estimate of drug-likeness (QED) is 0.143. The molecule has 0 atom stereocenters. The standard InChI is InChI=1S/C58H46N2O2/c1-35(2)37-19-27-41(28-20-37)59(51-15-9-13-45-43-11-5-7-17-53(43)61-57(45)51)49-33-25-39-24-32-48-50(34-26-40-23-31-47(49)55(39)56(40)48)60(42-29-21-38(22-30-42)36(3)4)52-16-10-14-46-44-12-6-8-18-54(44)62-58(46)52/h5-7,9-17,19-36H,8,18H2,1-4H3. The van der Waals surface area contributed by atoms with Gasteiger partial charge in [-0.3, -0.25) is 0 Å². The predicted molar refractivity (Wildman–Crippen MR) is 262 cm³/mol. The summed E-state index contributed by atoms with van der Waals surface area (Å²) in [6.45, 7) is 9.00. The SMILES string of the molecule is CC(C)c1ccc(N(c2ccc3ccc4c(N(c5ccc(C(C)C)cc5)c5cccc6c5oc5ccccc56)ccc5ccc2c3c54)c2cccc3c4c(oc23)CCC=C4)cc1. The van der Waals surface area contributed by atoms with E-state index >= 15 is 0 Å². The van der Waals surface area contributed by atoms with E-state index in [1.54, 1.807) is 0 Å². The van der Waals surface area contributed by atoms with Crippen molar-refractivity contribution in [1.29, 1.82) is 0 Å². The van der Waals surface area contributed by atoms with E-state index in [9.17, 15) is 0 Å². The molecular formula is C58H46N2O2. The van der Waals surface area contributed by atoms with Crippen molar-refractivity contribution in [1.82, 2.24) is 0 Å². The van der Waals surface area contributed by atoms with Crippen LogP contribution in [0.25, 0.3) is 71.3 Å². The lowest BCUT2D eigenvalue weighted by Crippen LogP contribution is -2.12. The minimum atomic E-state index is 0.426. The summed E-state index contributed by atoms with van der Waals surface area (Å²) < 4.78 is 13.6. The van der Waals surface area contributed by atoms with Crippen LogP contribution in [0, 0.1) is 0 Å². The first-order chi connectivity index (χ1) is 30.4. The number of fused-ring (bicyclic) bond motifs is 6. The van der Waals surface area contributed by atoms with Crippen LogP contribution in [0.2, 0.25) is 0 Å². The van der Waals surface area contributed by atoms with Gasteiger partial charge in [-0.25, -0.2) is 0 Å². The molecule has 2 heterocycles. The molecule has 0 spiro atoms. The lowest BCUT2D eigenvalue weighted by Gasteiger charge is -2.29. The maximum absolute atomic E-state index is 6.82. The molecule has 0 saturated heterocycles. The Bertz CT molecular complexity index is 3530. The van der Waals surface area contributed by atoms with Crippen molar-refractivity contribution in [2.45, 2.75) is 52.4 Å². The molecule has 0 aliphatic heterocycles. The highest BCUT2D eigenvalue weighted by Gasteiger charge is 2.26. The smallest absolute Gasteiger partial charge is 0.159 e. The van der Waals surface area contributed by atoms with Crippen LogP contribution < -0.4 is 9.80 Å². The highest BCUT2D eigenvalue weighted by Crippen LogP contribution is 2.50. The van der Waals surface area contributed by atoms with Crippen molar-refractivity contribution in [2.24, 2.45) is 0 Å². The topological polar surface area (TPSA) is 32.8 Å². The number of benzene rings is 9. The van der Waals surface area contributed by atoms with Gasteiger partial charge in [-0.2, -0.15) is 0 Å². The van der Waals surface area contributed by atoms with Crippen LogP contribution in [0.1, 0.15) is 68.4 Å².